The number of nitrogens with one attached hydrogen (secondary N) is 2. The summed E-state index contributed by atoms with van der Waals surface area (Å²) in [6.45, 7) is 2.03. The van der Waals surface area contributed by atoms with Crippen LogP contribution in [0.2, 0.25) is 0 Å². The lowest BCUT2D eigenvalue weighted by Crippen LogP contribution is -2.25. The topological polar surface area (TPSA) is 66.7 Å². The molecule has 4 heteroatoms. The van der Waals surface area contributed by atoms with Crippen LogP contribution >= 0.6 is 0 Å². The van der Waals surface area contributed by atoms with Crippen LogP contribution in [0.15, 0.2) is 24.5 Å². The van der Waals surface area contributed by atoms with Crippen molar-refractivity contribution in [3.05, 3.63) is 30.1 Å². The number of nitrogens with zero attached hydrogens (tertiary/aromatic N) is 1. The van der Waals surface area contributed by atoms with Crippen molar-refractivity contribution in [2.75, 3.05) is 7.05 Å². The fourth-order valence-corrected chi connectivity index (χ4v) is 1.96. The Morgan fingerprint density at radius 3 is 3.00 bits per heavy atom. The van der Waals surface area contributed by atoms with E-state index in [1.54, 1.807) is 6.33 Å². The molecular weight excluding hydrogens is 200 g/mol. The Labute approximate surface area is 95.3 Å². The second-order valence-corrected chi connectivity index (χ2v) is 4.23. The third-order valence-corrected chi connectivity index (χ3v) is 2.80. The van der Waals surface area contributed by atoms with Crippen LogP contribution < -0.4 is 11.1 Å². The van der Waals surface area contributed by atoms with Gasteiger partial charge in [-0.1, -0.05) is 6.07 Å². The number of hydrogen-bond acceptors (Lipinski definition) is 3. The molecule has 2 unspecified atom stereocenters. The minimum atomic E-state index is 0.190. The van der Waals surface area contributed by atoms with Gasteiger partial charge in [-0.2, -0.15) is 0 Å². The average Bonchev–Trinajstić information content (AvgIpc) is 2.72. The zero-order valence-corrected chi connectivity index (χ0v) is 9.70. The summed E-state index contributed by atoms with van der Waals surface area (Å²) in [5, 5.41) is 3.29. The summed E-state index contributed by atoms with van der Waals surface area (Å²) >= 11 is 0. The van der Waals surface area contributed by atoms with Gasteiger partial charge < -0.3 is 16.0 Å². The van der Waals surface area contributed by atoms with Crippen molar-refractivity contribution in [1.82, 2.24) is 15.3 Å². The molecule has 1 heterocycles. The molecule has 0 saturated carbocycles. The second kappa shape index (κ2) is 4.63. The van der Waals surface area contributed by atoms with Gasteiger partial charge in [-0.15, -0.1) is 0 Å². The molecule has 1 aromatic carbocycles. The molecule has 0 amide bonds. The standard InChI is InChI=1S/C12H18N4/c1-8(13)5-11(14-2)9-3-4-10-12(6-9)16-7-15-10/h3-4,6-8,11,14H,5,13H2,1-2H3,(H,15,16). The molecule has 2 aromatic rings. The molecule has 0 bridgehead atoms. The first-order valence-electron chi connectivity index (χ1n) is 5.56. The summed E-state index contributed by atoms with van der Waals surface area (Å²) in [6.07, 6.45) is 2.64. The van der Waals surface area contributed by atoms with Crippen molar-refractivity contribution in [3.8, 4) is 0 Å². The highest BCUT2D eigenvalue weighted by atomic mass is 14.9. The number of aromatic nitrogens is 2. The maximum absolute atomic E-state index is 5.84. The van der Waals surface area contributed by atoms with Crippen LogP contribution in [-0.2, 0) is 0 Å². The van der Waals surface area contributed by atoms with Crippen LogP contribution in [-0.4, -0.2) is 23.1 Å². The Bertz CT molecular complexity index is 461. The van der Waals surface area contributed by atoms with E-state index in [0.29, 0.717) is 6.04 Å². The Morgan fingerprint density at radius 2 is 2.31 bits per heavy atom. The fourth-order valence-electron chi connectivity index (χ4n) is 1.96. The number of nitrogens with two attached hydrogens (primary N) is 1. The van der Waals surface area contributed by atoms with Gasteiger partial charge in [0.25, 0.3) is 0 Å². The molecule has 0 aliphatic carbocycles. The summed E-state index contributed by atoms with van der Waals surface area (Å²) in [6, 6.07) is 6.76. The summed E-state index contributed by atoms with van der Waals surface area (Å²) in [5.74, 6) is 0. The van der Waals surface area contributed by atoms with Crippen molar-refractivity contribution in [2.45, 2.75) is 25.4 Å². The Hall–Kier alpha value is -1.39. The summed E-state index contributed by atoms with van der Waals surface area (Å²) in [7, 11) is 1.96. The molecular formula is C12H18N4. The Morgan fingerprint density at radius 1 is 1.50 bits per heavy atom. The van der Waals surface area contributed by atoms with Crippen molar-refractivity contribution < 1.29 is 0 Å². The first-order chi connectivity index (χ1) is 7.70. The van der Waals surface area contributed by atoms with Gasteiger partial charge in [0.15, 0.2) is 0 Å². The van der Waals surface area contributed by atoms with Gasteiger partial charge in [0.1, 0.15) is 0 Å². The molecule has 2 rings (SSSR count). The van der Waals surface area contributed by atoms with Crippen molar-refractivity contribution in [2.24, 2.45) is 5.73 Å². The Kier molecular flexibility index (Phi) is 3.22. The minimum absolute atomic E-state index is 0.190. The van der Waals surface area contributed by atoms with E-state index in [0.717, 1.165) is 17.5 Å². The van der Waals surface area contributed by atoms with Gasteiger partial charge in [0, 0.05) is 12.1 Å². The highest BCUT2D eigenvalue weighted by molar-refractivity contribution is 5.75. The maximum atomic E-state index is 5.84. The molecule has 0 spiro atoms. The van der Waals surface area contributed by atoms with Crippen LogP contribution in [0.5, 0.6) is 0 Å². The largest absolute Gasteiger partial charge is 0.345 e. The smallest absolute Gasteiger partial charge is 0.0931 e. The predicted octanol–water partition coefficient (Wildman–Crippen LogP) is 1.56. The summed E-state index contributed by atoms with van der Waals surface area (Å²) in [5.41, 5.74) is 9.16. The zero-order chi connectivity index (χ0) is 11.5. The number of benzene rings is 1. The van der Waals surface area contributed by atoms with Crippen molar-refractivity contribution in [3.63, 3.8) is 0 Å². The zero-order valence-electron chi connectivity index (χ0n) is 9.70. The molecule has 4 N–H and O–H groups in total. The number of aromatic amines is 1. The molecule has 16 heavy (non-hydrogen) atoms. The lowest BCUT2D eigenvalue weighted by molar-refractivity contribution is 0.499. The number of H-pyrrole nitrogens is 1. The van der Waals surface area contributed by atoms with Crippen LogP contribution in [0.1, 0.15) is 24.9 Å². The van der Waals surface area contributed by atoms with Crippen LogP contribution in [0, 0.1) is 0 Å². The van der Waals surface area contributed by atoms with E-state index in [1.165, 1.54) is 5.56 Å². The van der Waals surface area contributed by atoms with E-state index in [4.69, 9.17) is 5.73 Å². The second-order valence-electron chi connectivity index (χ2n) is 4.23. The number of imidazole rings is 1. The lowest BCUT2D eigenvalue weighted by Gasteiger charge is -2.18. The highest BCUT2D eigenvalue weighted by Crippen LogP contribution is 2.21. The van der Waals surface area contributed by atoms with Gasteiger partial charge in [-0.05, 0) is 38.1 Å². The molecule has 0 fully saturated rings. The van der Waals surface area contributed by atoms with E-state index < -0.39 is 0 Å². The molecule has 2 atom stereocenters. The number of hydrogen-bond donors (Lipinski definition) is 3. The van der Waals surface area contributed by atoms with Crippen molar-refractivity contribution >= 4 is 11.0 Å². The van der Waals surface area contributed by atoms with Gasteiger partial charge >= 0.3 is 0 Å². The normalized spacial score (nSPS) is 15.2. The first kappa shape index (κ1) is 11.1. The average molecular weight is 218 g/mol. The van der Waals surface area contributed by atoms with Crippen molar-refractivity contribution in [1.29, 1.82) is 0 Å². The maximum Gasteiger partial charge on any atom is 0.0931 e. The quantitative estimate of drug-likeness (QED) is 0.729. The Balaban J connectivity index is 2.29. The summed E-state index contributed by atoms with van der Waals surface area (Å²) < 4.78 is 0. The molecule has 4 nitrogen and oxygen atoms in total. The lowest BCUT2D eigenvalue weighted by atomic mass is 10.00. The van der Waals surface area contributed by atoms with Gasteiger partial charge in [-0.25, -0.2) is 4.98 Å². The van der Waals surface area contributed by atoms with Crippen LogP contribution in [0.4, 0.5) is 0 Å². The van der Waals surface area contributed by atoms with E-state index in [1.807, 2.05) is 20.0 Å². The molecule has 0 saturated heterocycles. The van der Waals surface area contributed by atoms with E-state index in [-0.39, 0.29) is 6.04 Å². The van der Waals surface area contributed by atoms with E-state index >= 15 is 0 Å². The molecule has 0 aliphatic heterocycles. The van der Waals surface area contributed by atoms with E-state index in [2.05, 4.69) is 27.4 Å². The molecule has 1 aromatic heterocycles. The highest BCUT2D eigenvalue weighted by Gasteiger charge is 2.12. The van der Waals surface area contributed by atoms with Crippen LogP contribution in [0.3, 0.4) is 0 Å². The SMILES string of the molecule is CNC(CC(C)N)c1ccc2nc[nH]c2c1. The molecule has 86 valence electrons. The van der Waals surface area contributed by atoms with E-state index in [9.17, 15) is 0 Å². The van der Waals surface area contributed by atoms with Gasteiger partial charge in [-0.3, -0.25) is 0 Å². The first-order valence-corrected chi connectivity index (χ1v) is 5.56. The monoisotopic (exact) mass is 218 g/mol. The summed E-state index contributed by atoms with van der Waals surface area (Å²) in [4.78, 5) is 7.33. The predicted molar refractivity (Wildman–Crippen MR) is 66.2 cm³/mol. The number of rotatable bonds is 4. The third-order valence-electron chi connectivity index (χ3n) is 2.80. The van der Waals surface area contributed by atoms with Crippen LogP contribution in [0.25, 0.3) is 11.0 Å². The van der Waals surface area contributed by atoms with Gasteiger partial charge in [0.05, 0.1) is 17.4 Å². The number of fused-ring (bicyclic) bond motifs is 1. The fraction of sp³-hybridized carbons (Fsp3) is 0.417. The third kappa shape index (κ3) is 2.23. The van der Waals surface area contributed by atoms with Gasteiger partial charge in [0.2, 0.25) is 0 Å². The molecule has 0 aliphatic rings. The minimum Gasteiger partial charge on any atom is -0.345 e. The molecule has 0 radical (unpaired) electrons.